The molecule has 0 bridgehead atoms. The highest BCUT2D eigenvalue weighted by molar-refractivity contribution is 5.94. The summed E-state index contributed by atoms with van der Waals surface area (Å²) in [7, 11) is 4.45. The molecule has 0 fully saturated rings. The number of benzene rings is 2. The second-order valence-corrected chi connectivity index (χ2v) is 5.74. The number of methoxy groups -OCH3 is 3. The SMILES string of the molecule is COc1cc(OC)c(OC)cc1C=CC(=O)OCC(=O)Nc1ccc([N+](=O)[O-])cc1. The Morgan fingerprint density at radius 1 is 1.00 bits per heavy atom. The number of hydrogen-bond donors (Lipinski definition) is 1. The molecule has 1 N–H and O–H groups in total. The highest BCUT2D eigenvalue weighted by Gasteiger charge is 2.11. The maximum Gasteiger partial charge on any atom is 0.331 e. The molecule has 0 unspecified atom stereocenters. The van der Waals surface area contributed by atoms with E-state index in [0.29, 0.717) is 28.5 Å². The van der Waals surface area contributed by atoms with Crippen molar-refractivity contribution < 1.29 is 33.5 Å². The van der Waals surface area contributed by atoms with Crippen molar-refractivity contribution in [1.29, 1.82) is 0 Å². The van der Waals surface area contributed by atoms with Gasteiger partial charge in [0.15, 0.2) is 18.1 Å². The zero-order chi connectivity index (χ0) is 22.1. The van der Waals surface area contributed by atoms with Crippen LogP contribution >= 0.6 is 0 Å². The smallest absolute Gasteiger partial charge is 0.331 e. The third-order valence-electron chi connectivity index (χ3n) is 3.84. The fourth-order valence-corrected chi connectivity index (χ4v) is 2.39. The Bertz CT molecular complexity index is 954. The number of esters is 1. The molecule has 0 aliphatic carbocycles. The average molecular weight is 416 g/mol. The van der Waals surface area contributed by atoms with E-state index in [1.807, 2.05) is 0 Å². The second-order valence-electron chi connectivity index (χ2n) is 5.74. The van der Waals surface area contributed by atoms with E-state index in [2.05, 4.69) is 5.32 Å². The van der Waals surface area contributed by atoms with Gasteiger partial charge in [-0.05, 0) is 24.3 Å². The maximum atomic E-state index is 11.9. The number of nitrogens with one attached hydrogen (secondary N) is 1. The van der Waals surface area contributed by atoms with E-state index < -0.39 is 23.4 Å². The summed E-state index contributed by atoms with van der Waals surface area (Å²) in [5.74, 6) is 0.0402. The highest BCUT2D eigenvalue weighted by Crippen LogP contribution is 2.35. The summed E-state index contributed by atoms with van der Waals surface area (Å²) in [6.45, 7) is -0.525. The molecular formula is C20H20N2O8. The first-order valence-electron chi connectivity index (χ1n) is 8.57. The van der Waals surface area contributed by atoms with Gasteiger partial charge in [-0.2, -0.15) is 0 Å². The Kier molecular flexibility index (Phi) is 7.74. The number of carbonyl (C=O) groups is 2. The van der Waals surface area contributed by atoms with Crippen LogP contribution in [0, 0.1) is 10.1 Å². The summed E-state index contributed by atoms with van der Waals surface area (Å²) < 4.78 is 20.6. The molecule has 2 rings (SSSR count). The molecule has 10 nitrogen and oxygen atoms in total. The molecule has 0 aromatic heterocycles. The van der Waals surface area contributed by atoms with Gasteiger partial charge in [0.05, 0.1) is 26.3 Å². The predicted octanol–water partition coefficient (Wildman–Crippen LogP) is 2.82. The Morgan fingerprint density at radius 3 is 2.17 bits per heavy atom. The third-order valence-corrected chi connectivity index (χ3v) is 3.84. The minimum absolute atomic E-state index is 0.102. The number of hydrogen-bond acceptors (Lipinski definition) is 8. The lowest BCUT2D eigenvalue weighted by Crippen LogP contribution is -2.20. The van der Waals surface area contributed by atoms with Gasteiger partial charge in [0, 0.05) is 35.5 Å². The molecule has 0 aliphatic heterocycles. The summed E-state index contributed by atoms with van der Waals surface area (Å²) >= 11 is 0. The van der Waals surface area contributed by atoms with Crippen molar-refractivity contribution in [2.75, 3.05) is 33.3 Å². The van der Waals surface area contributed by atoms with Gasteiger partial charge in [0.2, 0.25) is 0 Å². The minimum Gasteiger partial charge on any atom is -0.496 e. The van der Waals surface area contributed by atoms with E-state index in [9.17, 15) is 19.7 Å². The second kappa shape index (κ2) is 10.5. The highest BCUT2D eigenvalue weighted by atomic mass is 16.6. The molecule has 1 amide bonds. The van der Waals surface area contributed by atoms with Gasteiger partial charge in [-0.3, -0.25) is 14.9 Å². The molecule has 30 heavy (non-hydrogen) atoms. The molecule has 0 saturated heterocycles. The summed E-state index contributed by atoms with van der Waals surface area (Å²) in [6, 6.07) is 8.49. The van der Waals surface area contributed by atoms with Crippen molar-refractivity contribution in [1.82, 2.24) is 0 Å². The number of amides is 1. The maximum absolute atomic E-state index is 11.9. The summed E-state index contributed by atoms with van der Waals surface area (Å²) in [5.41, 5.74) is 0.782. The van der Waals surface area contributed by atoms with E-state index in [1.54, 1.807) is 12.1 Å². The monoisotopic (exact) mass is 416 g/mol. The van der Waals surface area contributed by atoms with Crippen LogP contribution in [0.3, 0.4) is 0 Å². The zero-order valence-corrected chi connectivity index (χ0v) is 16.5. The number of nitro groups is 1. The first kappa shape index (κ1) is 22.2. The molecule has 0 spiro atoms. The van der Waals surface area contributed by atoms with Gasteiger partial charge in [-0.25, -0.2) is 4.79 Å². The van der Waals surface area contributed by atoms with Gasteiger partial charge in [-0.15, -0.1) is 0 Å². The molecule has 0 aliphatic rings. The fourth-order valence-electron chi connectivity index (χ4n) is 2.39. The largest absolute Gasteiger partial charge is 0.496 e. The van der Waals surface area contributed by atoms with Crippen LogP contribution in [-0.2, 0) is 14.3 Å². The van der Waals surface area contributed by atoms with E-state index in [1.165, 1.54) is 51.7 Å². The van der Waals surface area contributed by atoms with Crippen molar-refractivity contribution in [3.63, 3.8) is 0 Å². The third kappa shape index (κ3) is 5.96. The molecule has 2 aromatic rings. The average Bonchev–Trinajstić information content (AvgIpc) is 2.75. The molecular weight excluding hydrogens is 396 g/mol. The normalized spacial score (nSPS) is 10.4. The van der Waals surface area contributed by atoms with Crippen LogP contribution in [0.1, 0.15) is 5.56 Å². The number of rotatable bonds is 9. The first-order chi connectivity index (χ1) is 14.4. The Morgan fingerprint density at radius 2 is 1.60 bits per heavy atom. The van der Waals surface area contributed by atoms with Crippen LogP contribution in [0.4, 0.5) is 11.4 Å². The van der Waals surface area contributed by atoms with Crippen molar-refractivity contribution >= 4 is 29.3 Å². The fraction of sp³-hybridized carbons (Fsp3) is 0.200. The summed E-state index contributed by atoms with van der Waals surface area (Å²) in [5, 5.41) is 13.1. The van der Waals surface area contributed by atoms with Crippen LogP contribution in [0.5, 0.6) is 17.2 Å². The quantitative estimate of drug-likeness (QED) is 0.286. The van der Waals surface area contributed by atoms with Crippen molar-refractivity contribution in [3.8, 4) is 17.2 Å². The standard InChI is InChI=1S/C20H20N2O8/c1-27-16-11-18(29-3)17(28-2)10-13(16)4-9-20(24)30-12-19(23)21-14-5-7-15(8-6-14)22(25)26/h4-11H,12H2,1-3H3,(H,21,23). The van der Waals surface area contributed by atoms with Gasteiger partial charge < -0.3 is 24.3 Å². The van der Waals surface area contributed by atoms with Gasteiger partial charge in [0.25, 0.3) is 11.6 Å². The number of non-ortho nitro benzene ring substituents is 1. The number of carbonyl (C=O) groups excluding carboxylic acids is 2. The Balaban J connectivity index is 1.94. The molecule has 158 valence electrons. The van der Waals surface area contributed by atoms with Gasteiger partial charge >= 0.3 is 5.97 Å². The lowest BCUT2D eigenvalue weighted by molar-refractivity contribution is -0.384. The number of ether oxygens (including phenoxy) is 4. The number of nitrogens with zero attached hydrogens (tertiary/aromatic N) is 1. The Labute approximate surface area is 172 Å². The predicted molar refractivity (Wildman–Crippen MR) is 108 cm³/mol. The van der Waals surface area contributed by atoms with Gasteiger partial charge in [-0.1, -0.05) is 0 Å². The van der Waals surface area contributed by atoms with Crippen LogP contribution in [0.15, 0.2) is 42.5 Å². The number of anilines is 1. The molecule has 10 heteroatoms. The lowest BCUT2D eigenvalue weighted by Gasteiger charge is -2.12. The van der Waals surface area contributed by atoms with Gasteiger partial charge in [0.1, 0.15) is 5.75 Å². The van der Waals surface area contributed by atoms with Crippen molar-refractivity contribution in [2.45, 2.75) is 0 Å². The van der Waals surface area contributed by atoms with E-state index >= 15 is 0 Å². The molecule has 0 radical (unpaired) electrons. The van der Waals surface area contributed by atoms with E-state index in [-0.39, 0.29) is 5.69 Å². The first-order valence-corrected chi connectivity index (χ1v) is 8.57. The van der Waals surface area contributed by atoms with Crippen LogP contribution < -0.4 is 19.5 Å². The van der Waals surface area contributed by atoms with E-state index in [4.69, 9.17) is 18.9 Å². The summed E-state index contributed by atoms with van der Waals surface area (Å²) in [4.78, 5) is 33.8. The molecule has 0 atom stereocenters. The van der Waals surface area contributed by atoms with Crippen LogP contribution in [-0.4, -0.2) is 44.7 Å². The minimum atomic E-state index is -0.745. The molecule has 0 heterocycles. The topological polar surface area (TPSA) is 126 Å². The van der Waals surface area contributed by atoms with Crippen LogP contribution in [0.2, 0.25) is 0 Å². The van der Waals surface area contributed by atoms with Crippen LogP contribution in [0.25, 0.3) is 6.08 Å². The summed E-state index contributed by atoms with van der Waals surface area (Å²) in [6.07, 6.45) is 2.60. The van der Waals surface area contributed by atoms with Crippen molar-refractivity contribution in [2.24, 2.45) is 0 Å². The Hall–Kier alpha value is -4.08. The molecule has 2 aromatic carbocycles. The lowest BCUT2D eigenvalue weighted by atomic mass is 10.1. The van der Waals surface area contributed by atoms with Crippen molar-refractivity contribution in [3.05, 3.63) is 58.2 Å². The van der Waals surface area contributed by atoms with E-state index in [0.717, 1.165) is 6.08 Å². The zero-order valence-electron chi connectivity index (χ0n) is 16.5. The number of nitro benzene ring substituents is 1. The molecule has 0 saturated carbocycles.